The lowest BCUT2D eigenvalue weighted by atomic mass is 9.89. The Bertz CT molecular complexity index is 367. The molecule has 0 N–H and O–H groups in total. The summed E-state index contributed by atoms with van der Waals surface area (Å²) in [5.74, 6) is 0.722. The summed E-state index contributed by atoms with van der Waals surface area (Å²) in [6.07, 6.45) is 4.49. The molecule has 21 heavy (non-hydrogen) atoms. The fourth-order valence-electron chi connectivity index (χ4n) is 3.08. The van der Waals surface area contributed by atoms with Gasteiger partial charge in [-0.15, -0.1) is 0 Å². The van der Waals surface area contributed by atoms with Gasteiger partial charge in [-0.2, -0.15) is 0 Å². The van der Waals surface area contributed by atoms with Crippen LogP contribution < -0.4 is 0 Å². The molecule has 1 aliphatic heterocycles. The van der Waals surface area contributed by atoms with Crippen LogP contribution >= 0.6 is 0 Å². The van der Waals surface area contributed by atoms with Crippen LogP contribution in [0.1, 0.15) is 32.6 Å². The molecule has 6 heteroatoms. The van der Waals surface area contributed by atoms with Crippen molar-refractivity contribution in [2.45, 2.75) is 38.7 Å². The van der Waals surface area contributed by atoms with Gasteiger partial charge in [-0.3, -0.25) is 4.79 Å². The SMILES string of the molecule is COC(=O)N1CCN(C(=O)CO[C@@H]2CCC[C@H](C)C2)CC1. The van der Waals surface area contributed by atoms with Crippen LogP contribution in [0.2, 0.25) is 0 Å². The van der Waals surface area contributed by atoms with Gasteiger partial charge >= 0.3 is 6.09 Å². The van der Waals surface area contributed by atoms with E-state index in [1.54, 1.807) is 9.80 Å². The van der Waals surface area contributed by atoms with Gasteiger partial charge in [0, 0.05) is 26.2 Å². The number of hydrogen-bond donors (Lipinski definition) is 0. The number of methoxy groups -OCH3 is 1. The Balaban J connectivity index is 1.68. The molecule has 2 rings (SSSR count). The molecule has 1 aliphatic carbocycles. The minimum absolute atomic E-state index is 0.0257. The van der Waals surface area contributed by atoms with Crippen molar-refractivity contribution in [1.29, 1.82) is 0 Å². The molecule has 0 radical (unpaired) electrons. The van der Waals surface area contributed by atoms with Gasteiger partial charge in [-0.25, -0.2) is 4.79 Å². The standard InChI is InChI=1S/C15H26N2O4/c1-12-4-3-5-13(10-12)21-11-14(18)16-6-8-17(9-7-16)15(19)20-2/h12-13H,3-11H2,1-2H3/t12-,13+/m0/s1. The molecule has 6 nitrogen and oxygen atoms in total. The van der Waals surface area contributed by atoms with Gasteiger partial charge in [0.15, 0.2) is 0 Å². The van der Waals surface area contributed by atoms with Gasteiger partial charge in [0.1, 0.15) is 6.61 Å². The summed E-state index contributed by atoms with van der Waals surface area (Å²) in [6.45, 7) is 4.56. The van der Waals surface area contributed by atoms with E-state index in [-0.39, 0.29) is 24.7 Å². The van der Waals surface area contributed by atoms with E-state index in [2.05, 4.69) is 11.7 Å². The number of ether oxygens (including phenoxy) is 2. The van der Waals surface area contributed by atoms with Gasteiger partial charge in [0.25, 0.3) is 0 Å². The molecule has 0 aromatic heterocycles. The van der Waals surface area contributed by atoms with Gasteiger partial charge in [0.2, 0.25) is 5.91 Å². The summed E-state index contributed by atoms with van der Waals surface area (Å²) in [4.78, 5) is 26.9. The monoisotopic (exact) mass is 298 g/mol. The molecule has 0 aromatic carbocycles. The van der Waals surface area contributed by atoms with Crippen LogP contribution in [0.5, 0.6) is 0 Å². The molecule has 0 bridgehead atoms. The third kappa shape index (κ3) is 4.59. The lowest BCUT2D eigenvalue weighted by molar-refractivity contribution is -0.140. The van der Waals surface area contributed by atoms with E-state index in [0.29, 0.717) is 32.1 Å². The second-order valence-electron chi connectivity index (χ2n) is 6.04. The van der Waals surface area contributed by atoms with Crippen molar-refractivity contribution in [2.24, 2.45) is 5.92 Å². The number of hydrogen-bond acceptors (Lipinski definition) is 4. The van der Waals surface area contributed by atoms with Crippen LogP contribution in [0.4, 0.5) is 4.79 Å². The fraction of sp³-hybridized carbons (Fsp3) is 0.867. The van der Waals surface area contributed by atoms with Crippen molar-refractivity contribution >= 4 is 12.0 Å². The molecular formula is C15H26N2O4. The van der Waals surface area contributed by atoms with Crippen molar-refractivity contribution in [3.8, 4) is 0 Å². The second kappa shape index (κ2) is 7.64. The minimum atomic E-state index is -0.324. The van der Waals surface area contributed by atoms with Crippen molar-refractivity contribution < 1.29 is 19.1 Å². The van der Waals surface area contributed by atoms with Crippen LogP contribution in [0.3, 0.4) is 0 Å². The highest BCUT2D eigenvalue weighted by Crippen LogP contribution is 2.25. The predicted octanol–water partition coefficient (Wildman–Crippen LogP) is 1.49. The highest BCUT2D eigenvalue weighted by atomic mass is 16.5. The molecule has 2 amide bonds. The van der Waals surface area contributed by atoms with E-state index < -0.39 is 0 Å². The van der Waals surface area contributed by atoms with Crippen LogP contribution in [-0.2, 0) is 14.3 Å². The van der Waals surface area contributed by atoms with E-state index >= 15 is 0 Å². The number of carbonyl (C=O) groups is 2. The smallest absolute Gasteiger partial charge is 0.409 e. The summed E-state index contributed by atoms with van der Waals surface area (Å²) in [5, 5.41) is 0. The lowest BCUT2D eigenvalue weighted by Gasteiger charge is -2.34. The van der Waals surface area contributed by atoms with Gasteiger partial charge in [0.05, 0.1) is 13.2 Å². The molecule has 0 unspecified atom stereocenters. The van der Waals surface area contributed by atoms with Crippen molar-refractivity contribution in [2.75, 3.05) is 39.9 Å². The van der Waals surface area contributed by atoms with E-state index in [1.807, 2.05) is 0 Å². The number of carbonyl (C=O) groups excluding carboxylic acids is 2. The van der Waals surface area contributed by atoms with Crippen LogP contribution in [0, 0.1) is 5.92 Å². The first kappa shape index (κ1) is 16.1. The normalized spacial score (nSPS) is 26.6. The van der Waals surface area contributed by atoms with Crippen LogP contribution in [0.15, 0.2) is 0 Å². The van der Waals surface area contributed by atoms with E-state index in [9.17, 15) is 9.59 Å². The predicted molar refractivity (Wildman–Crippen MR) is 77.9 cm³/mol. The Morgan fingerprint density at radius 1 is 1.10 bits per heavy atom. The largest absolute Gasteiger partial charge is 0.453 e. The number of piperazine rings is 1. The summed E-state index contributed by atoms with van der Waals surface area (Å²) < 4.78 is 10.4. The molecule has 0 spiro atoms. The lowest BCUT2D eigenvalue weighted by Crippen LogP contribution is -2.51. The molecule has 2 atom stereocenters. The zero-order chi connectivity index (χ0) is 15.2. The van der Waals surface area contributed by atoms with Gasteiger partial charge in [-0.1, -0.05) is 19.8 Å². The second-order valence-corrected chi connectivity index (χ2v) is 6.04. The number of rotatable bonds is 3. The first-order chi connectivity index (χ1) is 10.1. The highest BCUT2D eigenvalue weighted by Gasteiger charge is 2.26. The van der Waals surface area contributed by atoms with E-state index in [4.69, 9.17) is 4.74 Å². The summed E-state index contributed by atoms with van der Waals surface area (Å²) in [7, 11) is 1.37. The third-order valence-electron chi connectivity index (χ3n) is 4.40. The Hall–Kier alpha value is -1.30. The maximum Gasteiger partial charge on any atom is 0.409 e. The van der Waals surface area contributed by atoms with Crippen molar-refractivity contribution in [3.63, 3.8) is 0 Å². The van der Waals surface area contributed by atoms with E-state index in [0.717, 1.165) is 12.8 Å². The maximum absolute atomic E-state index is 12.1. The molecule has 120 valence electrons. The Morgan fingerprint density at radius 2 is 1.76 bits per heavy atom. The number of amides is 2. The summed E-state index contributed by atoms with van der Waals surface area (Å²) in [5.41, 5.74) is 0. The topological polar surface area (TPSA) is 59.1 Å². The van der Waals surface area contributed by atoms with Crippen LogP contribution in [-0.4, -0.2) is 67.8 Å². The average molecular weight is 298 g/mol. The van der Waals surface area contributed by atoms with Gasteiger partial charge < -0.3 is 19.3 Å². The zero-order valence-corrected chi connectivity index (χ0v) is 13.0. The first-order valence-electron chi connectivity index (χ1n) is 7.82. The Morgan fingerprint density at radius 3 is 2.38 bits per heavy atom. The molecule has 0 aromatic rings. The molecule has 1 saturated heterocycles. The third-order valence-corrected chi connectivity index (χ3v) is 4.40. The van der Waals surface area contributed by atoms with Crippen molar-refractivity contribution in [3.05, 3.63) is 0 Å². The molecule has 1 heterocycles. The number of nitrogens with zero attached hydrogens (tertiary/aromatic N) is 2. The molecule has 1 saturated carbocycles. The van der Waals surface area contributed by atoms with Crippen LogP contribution in [0.25, 0.3) is 0 Å². The average Bonchev–Trinajstić information content (AvgIpc) is 2.52. The van der Waals surface area contributed by atoms with Crippen molar-refractivity contribution in [1.82, 2.24) is 9.80 Å². The summed E-state index contributed by atoms with van der Waals surface area (Å²) in [6, 6.07) is 0. The minimum Gasteiger partial charge on any atom is -0.453 e. The molecule has 2 aliphatic rings. The Labute approximate surface area is 126 Å². The fourth-order valence-corrected chi connectivity index (χ4v) is 3.08. The first-order valence-corrected chi connectivity index (χ1v) is 7.82. The van der Waals surface area contributed by atoms with E-state index in [1.165, 1.54) is 20.0 Å². The van der Waals surface area contributed by atoms with Gasteiger partial charge in [-0.05, 0) is 18.8 Å². The quantitative estimate of drug-likeness (QED) is 0.792. The summed E-state index contributed by atoms with van der Waals surface area (Å²) >= 11 is 0. The molecule has 2 fully saturated rings. The maximum atomic E-state index is 12.1. The zero-order valence-electron chi connectivity index (χ0n) is 13.0. The molecular weight excluding hydrogens is 272 g/mol. The Kier molecular flexibility index (Phi) is 5.85. The highest BCUT2D eigenvalue weighted by molar-refractivity contribution is 5.78.